The standard InChI is InChI=1S/C25H26BrN3O4S/c1-4-33-23-12-10-20(11-13-23)19(3)27-28-25(30)17-29(22-7-5-6-21(26)16-22)34(31,32)24-14-8-18(2)9-15-24/h5-16H,4,17H2,1-3H3,(H,28,30)/b27-19-. The van der Waals surface area contributed by atoms with E-state index in [-0.39, 0.29) is 4.90 Å². The fourth-order valence-electron chi connectivity index (χ4n) is 3.12. The van der Waals surface area contributed by atoms with Crippen LogP contribution in [0.5, 0.6) is 5.75 Å². The third-order valence-corrected chi connectivity index (χ3v) is 7.21. The maximum atomic E-state index is 13.4. The molecule has 9 heteroatoms. The molecule has 0 unspecified atom stereocenters. The Labute approximate surface area is 208 Å². The number of hydrazone groups is 1. The molecule has 0 radical (unpaired) electrons. The smallest absolute Gasteiger partial charge is 0.264 e. The van der Waals surface area contributed by atoms with E-state index in [2.05, 4.69) is 26.5 Å². The van der Waals surface area contributed by atoms with Crippen LogP contribution in [0.2, 0.25) is 0 Å². The summed E-state index contributed by atoms with van der Waals surface area (Å²) in [5, 5.41) is 4.15. The lowest BCUT2D eigenvalue weighted by Crippen LogP contribution is -2.39. The zero-order chi connectivity index (χ0) is 24.7. The van der Waals surface area contributed by atoms with Gasteiger partial charge in [0.15, 0.2) is 0 Å². The number of amides is 1. The number of ether oxygens (including phenoxy) is 1. The van der Waals surface area contributed by atoms with Gasteiger partial charge in [0.05, 0.1) is 22.9 Å². The molecule has 34 heavy (non-hydrogen) atoms. The van der Waals surface area contributed by atoms with Gasteiger partial charge in [0.2, 0.25) is 0 Å². The number of nitrogens with one attached hydrogen (secondary N) is 1. The normalized spacial score (nSPS) is 11.7. The van der Waals surface area contributed by atoms with Gasteiger partial charge < -0.3 is 4.74 Å². The molecule has 0 aromatic heterocycles. The molecule has 0 heterocycles. The highest BCUT2D eigenvalue weighted by Crippen LogP contribution is 2.26. The quantitative estimate of drug-likeness (QED) is 0.307. The molecular weight excluding hydrogens is 518 g/mol. The molecule has 178 valence electrons. The molecule has 0 saturated heterocycles. The lowest BCUT2D eigenvalue weighted by atomic mass is 10.1. The van der Waals surface area contributed by atoms with Crippen LogP contribution in [0.15, 0.2) is 87.3 Å². The Morgan fingerprint density at radius 3 is 2.35 bits per heavy atom. The van der Waals surface area contributed by atoms with Crippen molar-refractivity contribution in [1.29, 1.82) is 0 Å². The van der Waals surface area contributed by atoms with E-state index >= 15 is 0 Å². The predicted octanol–water partition coefficient (Wildman–Crippen LogP) is 4.89. The van der Waals surface area contributed by atoms with E-state index in [0.29, 0.717) is 22.5 Å². The monoisotopic (exact) mass is 543 g/mol. The number of halogens is 1. The first-order chi connectivity index (χ1) is 16.2. The van der Waals surface area contributed by atoms with E-state index in [0.717, 1.165) is 21.2 Å². The van der Waals surface area contributed by atoms with E-state index < -0.39 is 22.5 Å². The fourth-order valence-corrected chi connectivity index (χ4v) is 4.92. The number of aryl methyl sites for hydroxylation is 1. The predicted molar refractivity (Wildman–Crippen MR) is 138 cm³/mol. The number of carbonyl (C=O) groups excluding carboxylic acids is 1. The first kappa shape index (κ1) is 25.5. The Morgan fingerprint density at radius 2 is 1.74 bits per heavy atom. The van der Waals surface area contributed by atoms with E-state index in [1.165, 1.54) is 12.1 Å². The Kier molecular flexibility index (Phi) is 8.46. The zero-order valence-electron chi connectivity index (χ0n) is 19.2. The first-order valence-electron chi connectivity index (χ1n) is 10.6. The molecule has 0 spiro atoms. The number of sulfonamides is 1. The van der Waals surface area contributed by atoms with Gasteiger partial charge in [-0.05, 0) is 80.9 Å². The summed E-state index contributed by atoms with van der Waals surface area (Å²) in [7, 11) is -3.99. The molecule has 3 rings (SSSR count). The molecule has 3 aromatic rings. The SMILES string of the molecule is CCOc1ccc(/C(C)=N\NC(=O)CN(c2cccc(Br)c2)S(=O)(=O)c2ccc(C)cc2)cc1. The Hall–Kier alpha value is -3.17. The highest BCUT2D eigenvalue weighted by atomic mass is 79.9. The van der Waals surface area contributed by atoms with Crippen molar-refractivity contribution in [2.45, 2.75) is 25.7 Å². The molecule has 0 aliphatic carbocycles. The molecule has 7 nitrogen and oxygen atoms in total. The summed E-state index contributed by atoms with van der Waals surface area (Å²) in [4.78, 5) is 12.9. The topological polar surface area (TPSA) is 88.1 Å². The molecule has 0 saturated carbocycles. The first-order valence-corrected chi connectivity index (χ1v) is 12.9. The molecule has 0 aliphatic heterocycles. The molecule has 0 fully saturated rings. The molecule has 0 bridgehead atoms. The van der Waals surface area contributed by atoms with Crippen LogP contribution in [0.1, 0.15) is 25.0 Å². The summed E-state index contributed by atoms with van der Waals surface area (Å²) in [6, 6.07) is 20.6. The second-order valence-electron chi connectivity index (χ2n) is 7.49. The summed E-state index contributed by atoms with van der Waals surface area (Å²) in [6.45, 7) is 5.67. The van der Waals surface area contributed by atoms with Crippen LogP contribution in [-0.4, -0.2) is 33.2 Å². The van der Waals surface area contributed by atoms with E-state index in [9.17, 15) is 13.2 Å². The molecule has 0 aliphatic rings. The third-order valence-electron chi connectivity index (χ3n) is 4.92. The van der Waals surface area contributed by atoms with Crippen molar-refractivity contribution in [3.63, 3.8) is 0 Å². The second kappa shape index (κ2) is 11.3. The highest BCUT2D eigenvalue weighted by molar-refractivity contribution is 9.10. The number of rotatable bonds is 9. The minimum atomic E-state index is -3.99. The summed E-state index contributed by atoms with van der Waals surface area (Å²) < 4.78 is 34.0. The van der Waals surface area contributed by atoms with Gasteiger partial charge in [0.25, 0.3) is 15.9 Å². The molecule has 1 amide bonds. The molecular formula is C25H26BrN3O4S. The van der Waals surface area contributed by atoms with Crippen molar-refractivity contribution in [3.05, 3.63) is 88.4 Å². The summed E-state index contributed by atoms with van der Waals surface area (Å²) in [5.74, 6) is 0.176. The minimum absolute atomic E-state index is 0.0972. The lowest BCUT2D eigenvalue weighted by Gasteiger charge is -2.24. The third kappa shape index (κ3) is 6.45. The van der Waals surface area contributed by atoms with Crippen LogP contribution >= 0.6 is 15.9 Å². The van der Waals surface area contributed by atoms with Gasteiger partial charge in [-0.1, -0.05) is 39.7 Å². The van der Waals surface area contributed by atoms with Crippen molar-refractivity contribution in [2.75, 3.05) is 17.5 Å². The molecule has 3 aromatic carbocycles. The lowest BCUT2D eigenvalue weighted by molar-refractivity contribution is -0.119. The van der Waals surface area contributed by atoms with Gasteiger partial charge >= 0.3 is 0 Å². The number of carbonyl (C=O) groups is 1. The Balaban J connectivity index is 1.82. The second-order valence-corrected chi connectivity index (χ2v) is 10.3. The average Bonchev–Trinajstić information content (AvgIpc) is 2.82. The maximum Gasteiger partial charge on any atom is 0.264 e. The number of hydrogen-bond acceptors (Lipinski definition) is 5. The van der Waals surface area contributed by atoms with Gasteiger partial charge in [-0.25, -0.2) is 13.8 Å². The van der Waals surface area contributed by atoms with Gasteiger partial charge in [0, 0.05) is 4.47 Å². The van der Waals surface area contributed by atoms with E-state index in [4.69, 9.17) is 4.74 Å². The fraction of sp³-hybridized carbons (Fsp3) is 0.200. The minimum Gasteiger partial charge on any atom is -0.494 e. The van der Waals surface area contributed by atoms with Crippen LogP contribution in [-0.2, 0) is 14.8 Å². The summed E-state index contributed by atoms with van der Waals surface area (Å²) in [5.41, 5.74) is 5.14. The van der Waals surface area contributed by atoms with Gasteiger partial charge in [-0.15, -0.1) is 0 Å². The number of hydrogen-bond donors (Lipinski definition) is 1. The van der Waals surface area contributed by atoms with Crippen LogP contribution in [0.4, 0.5) is 5.69 Å². The van der Waals surface area contributed by atoms with Gasteiger partial charge in [-0.2, -0.15) is 5.10 Å². The average molecular weight is 544 g/mol. The number of benzene rings is 3. The number of nitrogens with zero attached hydrogens (tertiary/aromatic N) is 2. The van der Waals surface area contributed by atoms with Gasteiger partial charge in [-0.3, -0.25) is 9.10 Å². The van der Waals surface area contributed by atoms with E-state index in [1.54, 1.807) is 43.3 Å². The van der Waals surface area contributed by atoms with Crippen LogP contribution in [0, 0.1) is 6.92 Å². The van der Waals surface area contributed by atoms with Crippen LogP contribution in [0.3, 0.4) is 0 Å². The maximum absolute atomic E-state index is 13.4. The van der Waals surface area contributed by atoms with Crippen molar-refractivity contribution in [3.8, 4) is 5.75 Å². The van der Waals surface area contributed by atoms with Crippen molar-refractivity contribution in [1.82, 2.24) is 5.43 Å². The largest absolute Gasteiger partial charge is 0.494 e. The van der Waals surface area contributed by atoms with Crippen LogP contribution in [0.25, 0.3) is 0 Å². The Bertz CT molecular complexity index is 1270. The summed E-state index contributed by atoms with van der Waals surface area (Å²) >= 11 is 3.37. The molecule has 1 N–H and O–H groups in total. The van der Waals surface area contributed by atoms with Crippen molar-refractivity contribution < 1.29 is 17.9 Å². The van der Waals surface area contributed by atoms with Crippen LogP contribution < -0.4 is 14.5 Å². The van der Waals surface area contributed by atoms with Gasteiger partial charge in [0.1, 0.15) is 12.3 Å². The molecule has 0 atom stereocenters. The number of anilines is 1. The zero-order valence-corrected chi connectivity index (χ0v) is 21.6. The van der Waals surface area contributed by atoms with Crippen molar-refractivity contribution in [2.24, 2.45) is 5.10 Å². The van der Waals surface area contributed by atoms with E-state index in [1.807, 2.05) is 38.1 Å². The highest BCUT2D eigenvalue weighted by Gasteiger charge is 2.27. The Morgan fingerprint density at radius 1 is 1.06 bits per heavy atom. The summed E-state index contributed by atoms with van der Waals surface area (Å²) in [6.07, 6.45) is 0. The van der Waals surface area contributed by atoms with Crippen molar-refractivity contribution >= 4 is 43.3 Å².